The zero-order valence-electron chi connectivity index (χ0n) is 23.7. The Morgan fingerprint density at radius 1 is 0.829 bits per heavy atom. The number of nitrogens with zero attached hydrogens (tertiary/aromatic N) is 2. The van der Waals surface area contributed by atoms with E-state index in [0.29, 0.717) is 17.9 Å². The zero-order chi connectivity index (χ0) is 27.7. The summed E-state index contributed by atoms with van der Waals surface area (Å²) in [6.45, 7) is 9.16. The molecule has 3 heteroatoms. The van der Waals surface area contributed by atoms with Crippen LogP contribution in [0.25, 0.3) is 50.2 Å². The molecule has 0 saturated heterocycles. The van der Waals surface area contributed by atoms with Gasteiger partial charge in [0.1, 0.15) is 11.2 Å². The Balaban J connectivity index is 1.36. The van der Waals surface area contributed by atoms with E-state index in [2.05, 4.69) is 126 Å². The normalized spacial score (nSPS) is 18.0. The van der Waals surface area contributed by atoms with Crippen molar-refractivity contribution in [2.45, 2.75) is 51.0 Å². The van der Waals surface area contributed by atoms with Crippen LogP contribution in [0.5, 0.6) is 0 Å². The summed E-state index contributed by atoms with van der Waals surface area (Å²) in [5, 5.41) is 2.36. The van der Waals surface area contributed by atoms with Gasteiger partial charge in [0.25, 0.3) is 0 Å². The summed E-state index contributed by atoms with van der Waals surface area (Å²) in [7, 11) is 0. The molecule has 3 aromatic heterocycles. The molecule has 0 fully saturated rings. The van der Waals surface area contributed by atoms with Crippen molar-refractivity contribution in [1.82, 2.24) is 0 Å². The van der Waals surface area contributed by atoms with Crippen molar-refractivity contribution in [3.63, 3.8) is 0 Å². The summed E-state index contributed by atoms with van der Waals surface area (Å²) >= 11 is 0. The minimum absolute atomic E-state index is 0.292. The van der Waals surface area contributed by atoms with E-state index in [9.17, 15) is 0 Å². The fourth-order valence-electron chi connectivity index (χ4n) is 7.34. The highest BCUT2D eigenvalue weighted by molar-refractivity contribution is 6.10. The molecule has 0 spiro atoms. The summed E-state index contributed by atoms with van der Waals surface area (Å²) in [6, 6.07) is 33.7. The van der Waals surface area contributed by atoms with Crippen LogP contribution < -0.4 is 9.13 Å². The average molecular weight is 535 g/mol. The molecule has 0 saturated carbocycles. The number of hydrogen-bond acceptors (Lipinski definition) is 1. The van der Waals surface area contributed by atoms with Crippen molar-refractivity contribution in [1.29, 1.82) is 0 Å². The third-order valence-electron chi connectivity index (χ3n) is 9.39. The van der Waals surface area contributed by atoms with Gasteiger partial charge in [0.15, 0.2) is 24.1 Å². The monoisotopic (exact) mass is 534 g/mol. The topological polar surface area (TPSA) is 20.9 Å². The number of rotatable bonds is 1. The molecule has 41 heavy (non-hydrogen) atoms. The van der Waals surface area contributed by atoms with E-state index in [0.717, 1.165) is 41.8 Å². The van der Waals surface area contributed by atoms with Crippen LogP contribution in [0.3, 0.4) is 0 Å². The van der Waals surface area contributed by atoms with E-state index in [-0.39, 0.29) is 0 Å². The van der Waals surface area contributed by atoms with Crippen molar-refractivity contribution in [2.24, 2.45) is 0 Å². The predicted molar refractivity (Wildman–Crippen MR) is 166 cm³/mol. The quantitative estimate of drug-likeness (QED) is 0.193. The number of allylic oxidation sites excluding steroid dienone is 1. The van der Waals surface area contributed by atoms with Crippen molar-refractivity contribution in [3.8, 4) is 22.5 Å². The molecule has 8 rings (SSSR count). The fourth-order valence-corrected chi connectivity index (χ4v) is 7.34. The number of aromatic nitrogens is 2. The van der Waals surface area contributed by atoms with Crippen LogP contribution >= 0.6 is 0 Å². The number of aryl methyl sites for hydroxylation is 1. The van der Waals surface area contributed by atoms with E-state index in [1.54, 1.807) is 0 Å². The summed E-state index contributed by atoms with van der Waals surface area (Å²) < 4.78 is 11.6. The molecule has 0 bridgehead atoms. The largest absolute Gasteiger partial charge is 0.455 e. The van der Waals surface area contributed by atoms with Crippen molar-refractivity contribution < 1.29 is 13.6 Å². The number of fused-ring (bicyclic) bond motifs is 13. The molecule has 200 valence electrons. The molecule has 3 nitrogen and oxygen atoms in total. The molecule has 0 N–H and O–H groups in total. The van der Waals surface area contributed by atoms with Crippen LogP contribution in [-0.4, -0.2) is 0 Å². The van der Waals surface area contributed by atoms with Crippen LogP contribution in [0.1, 0.15) is 61.3 Å². The standard InChI is InChI=1S/C38H34N2O/c1-24(2)27-16-18-31-32-19-15-26-14-17-30-28-10-4-5-11-29(28)33-12-6-9-21-40(33)35(30)22-25(3)39-20-8-7-13-34(39)37(26)38(32)41-36(31)23-27/h4-13,15-16,18-21,23-24,30,35H,3,14,17,22H2,1-2H3/q+2. The van der Waals surface area contributed by atoms with Gasteiger partial charge in [-0.15, -0.1) is 0 Å². The third-order valence-corrected chi connectivity index (χ3v) is 9.39. The lowest BCUT2D eigenvalue weighted by molar-refractivity contribution is -0.720. The highest BCUT2D eigenvalue weighted by Gasteiger charge is 2.42. The number of furan rings is 1. The molecule has 2 atom stereocenters. The van der Waals surface area contributed by atoms with Gasteiger partial charge >= 0.3 is 0 Å². The molecule has 3 aromatic carbocycles. The van der Waals surface area contributed by atoms with Gasteiger partial charge in [-0.05, 0) is 66.3 Å². The van der Waals surface area contributed by atoms with Gasteiger partial charge in [0.05, 0.1) is 12.0 Å². The van der Waals surface area contributed by atoms with E-state index >= 15 is 0 Å². The van der Waals surface area contributed by atoms with Gasteiger partial charge in [-0.2, -0.15) is 9.13 Å². The lowest BCUT2D eigenvalue weighted by Gasteiger charge is -2.31. The van der Waals surface area contributed by atoms with E-state index < -0.39 is 0 Å². The van der Waals surface area contributed by atoms with Gasteiger partial charge < -0.3 is 4.42 Å². The molecule has 5 heterocycles. The number of hydrogen-bond donors (Lipinski definition) is 0. The first-order valence-electron chi connectivity index (χ1n) is 14.8. The second kappa shape index (κ2) is 9.27. The SMILES string of the molecule is C=C1CC2C(CCc3ccc4c(oc5cc(C(C)C)ccc54)c3-c3cccc[n+]31)c1ccccc1-c1cccc[n+]12. The summed E-state index contributed by atoms with van der Waals surface area (Å²) in [5.74, 6) is 0.830. The highest BCUT2D eigenvalue weighted by atomic mass is 16.3. The van der Waals surface area contributed by atoms with Gasteiger partial charge in [0.2, 0.25) is 11.4 Å². The van der Waals surface area contributed by atoms with E-state index in [1.807, 2.05) is 0 Å². The smallest absolute Gasteiger partial charge is 0.222 e. The second-order valence-corrected chi connectivity index (χ2v) is 12.0. The maximum atomic E-state index is 6.76. The molecule has 2 aliphatic rings. The molecule has 0 radical (unpaired) electrons. The Labute approximate surface area is 241 Å². The Morgan fingerprint density at radius 3 is 2.49 bits per heavy atom. The summed E-state index contributed by atoms with van der Waals surface area (Å²) in [5.41, 5.74) is 12.1. The molecule has 0 amide bonds. The first-order chi connectivity index (χ1) is 20.1. The van der Waals surface area contributed by atoms with Crippen LogP contribution in [0.15, 0.2) is 114 Å². The summed E-state index contributed by atoms with van der Waals surface area (Å²) in [6.07, 6.45) is 7.32. The van der Waals surface area contributed by atoms with Gasteiger partial charge in [-0.25, -0.2) is 0 Å². The van der Waals surface area contributed by atoms with E-state index in [4.69, 9.17) is 11.0 Å². The van der Waals surface area contributed by atoms with Crippen molar-refractivity contribution in [2.75, 3.05) is 0 Å². The fraction of sp³-hybridized carbons (Fsp3) is 0.211. The molecule has 2 unspecified atom stereocenters. The minimum atomic E-state index is 0.292. The number of pyridine rings is 2. The van der Waals surface area contributed by atoms with Crippen LogP contribution in [0.4, 0.5) is 0 Å². The molecular formula is C38H34N2O+2. The first-order valence-corrected chi connectivity index (χ1v) is 14.8. The predicted octanol–water partition coefficient (Wildman–Crippen LogP) is 8.76. The number of benzene rings is 3. The Kier molecular flexibility index (Phi) is 5.50. The summed E-state index contributed by atoms with van der Waals surface area (Å²) in [4.78, 5) is 0. The first kappa shape index (κ1) is 24.3. The molecule has 6 aromatic rings. The van der Waals surface area contributed by atoms with Gasteiger partial charge in [0, 0.05) is 46.5 Å². The van der Waals surface area contributed by atoms with Crippen LogP contribution in [0, 0.1) is 0 Å². The van der Waals surface area contributed by atoms with Crippen LogP contribution in [-0.2, 0) is 6.42 Å². The minimum Gasteiger partial charge on any atom is -0.455 e. The third kappa shape index (κ3) is 3.72. The molecule has 0 aliphatic carbocycles. The molecule has 2 aliphatic heterocycles. The van der Waals surface area contributed by atoms with Crippen molar-refractivity contribution in [3.05, 3.63) is 127 Å². The van der Waals surface area contributed by atoms with Gasteiger partial charge in [-0.1, -0.05) is 56.3 Å². The Bertz CT molecular complexity index is 2000. The Hall–Kier alpha value is -4.50. The second-order valence-electron chi connectivity index (χ2n) is 12.0. The highest BCUT2D eigenvalue weighted by Crippen LogP contribution is 2.45. The molecular weight excluding hydrogens is 500 g/mol. The lowest BCUT2D eigenvalue weighted by atomic mass is 9.77. The maximum Gasteiger partial charge on any atom is 0.222 e. The van der Waals surface area contributed by atoms with Crippen LogP contribution in [0.2, 0.25) is 0 Å². The van der Waals surface area contributed by atoms with Crippen molar-refractivity contribution >= 4 is 27.6 Å². The van der Waals surface area contributed by atoms with E-state index in [1.165, 1.54) is 44.3 Å². The Morgan fingerprint density at radius 2 is 1.61 bits per heavy atom. The lowest BCUT2D eigenvalue weighted by Crippen LogP contribution is -2.49. The van der Waals surface area contributed by atoms with Gasteiger partial charge in [-0.3, -0.25) is 0 Å². The average Bonchev–Trinajstić information content (AvgIpc) is 3.38. The maximum absolute atomic E-state index is 6.76. The zero-order valence-corrected chi connectivity index (χ0v) is 23.7.